The number of para-hydroxylation sites is 1. The fourth-order valence-electron chi connectivity index (χ4n) is 3.56. The Morgan fingerprint density at radius 3 is 2.43 bits per heavy atom. The van der Waals surface area contributed by atoms with Crippen molar-refractivity contribution in [3.05, 3.63) is 59.7 Å². The number of nitrogens with zero attached hydrogens (tertiary/aromatic N) is 1. The molecule has 150 valence electrons. The van der Waals surface area contributed by atoms with Crippen LogP contribution in [0.5, 0.6) is 5.75 Å². The molecule has 0 aromatic heterocycles. The van der Waals surface area contributed by atoms with Crippen molar-refractivity contribution in [2.75, 3.05) is 17.1 Å². The maximum absolute atomic E-state index is 12.8. The minimum absolute atomic E-state index is 0.157. The van der Waals surface area contributed by atoms with Crippen LogP contribution < -0.4 is 14.4 Å². The Morgan fingerprint density at radius 2 is 1.82 bits per heavy atom. The van der Waals surface area contributed by atoms with Crippen molar-refractivity contribution in [3.63, 3.8) is 0 Å². The van der Waals surface area contributed by atoms with Gasteiger partial charge in [0.15, 0.2) is 0 Å². The van der Waals surface area contributed by atoms with E-state index in [1.807, 2.05) is 38.1 Å². The highest BCUT2D eigenvalue weighted by Gasteiger charge is 2.34. The van der Waals surface area contributed by atoms with E-state index in [0.717, 1.165) is 11.3 Å². The van der Waals surface area contributed by atoms with E-state index in [2.05, 4.69) is 5.32 Å². The number of nitrogens with one attached hydrogen (secondary N) is 1. The van der Waals surface area contributed by atoms with Crippen LogP contribution in [0.15, 0.2) is 48.5 Å². The van der Waals surface area contributed by atoms with E-state index in [0.29, 0.717) is 24.2 Å². The average molecular weight is 403 g/mol. The highest BCUT2D eigenvalue weighted by molar-refractivity contribution is 7.92. The van der Waals surface area contributed by atoms with Gasteiger partial charge in [-0.15, -0.1) is 0 Å². The highest BCUT2D eigenvalue weighted by atomic mass is 32.2. The molecule has 1 N–H and O–H groups in total. The molecular formula is C21H26N2O4S. The molecule has 0 saturated carbocycles. The summed E-state index contributed by atoms with van der Waals surface area (Å²) in [5.74, 6) is 0.581. The first-order valence-electron chi connectivity index (χ1n) is 9.27. The second-order valence-electron chi connectivity index (χ2n) is 7.60. The van der Waals surface area contributed by atoms with Crippen LogP contribution in [0, 0.1) is 0 Å². The zero-order chi connectivity index (χ0) is 20.5. The van der Waals surface area contributed by atoms with E-state index in [1.54, 1.807) is 31.2 Å². The van der Waals surface area contributed by atoms with Gasteiger partial charge in [-0.05, 0) is 51.1 Å². The number of ether oxygens (including phenoxy) is 1. The predicted molar refractivity (Wildman–Crippen MR) is 110 cm³/mol. The number of carbonyl (C=O) groups is 1. The van der Waals surface area contributed by atoms with E-state index in [-0.39, 0.29) is 17.6 Å². The topological polar surface area (TPSA) is 75.7 Å². The molecule has 7 heteroatoms. The Balaban J connectivity index is 1.80. The summed E-state index contributed by atoms with van der Waals surface area (Å²) < 4.78 is 31.0. The minimum Gasteiger partial charge on any atom is -0.487 e. The van der Waals surface area contributed by atoms with Crippen LogP contribution in [0.2, 0.25) is 0 Å². The molecule has 0 fully saturated rings. The number of sulfonamides is 1. The average Bonchev–Trinajstić information content (AvgIpc) is 2.60. The second kappa shape index (κ2) is 7.47. The molecule has 0 saturated heterocycles. The lowest BCUT2D eigenvalue weighted by Gasteiger charge is -2.37. The first-order valence-corrected chi connectivity index (χ1v) is 11.1. The van der Waals surface area contributed by atoms with Gasteiger partial charge >= 0.3 is 0 Å². The molecule has 2 aromatic carbocycles. The molecule has 6 nitrogen and oxygen atoms in total. The fourth-order valence-corrected chi connectivity index (χ4v) is 4.53. The molecule has 1 aliphatic heterocycles. The number of hydrogen-bond donors (Lipinski definition) is 1. The van der Waals surface area contributed by atoms with Crippen LogP contribution in [-0.2, 0) is 10.0 Å². The van der Waals surface area contributed by atoms with E-state index in [4.69, 9.17) is 4.74 Å². The zero-order valence-electron chi connectivity index (χ0n) is 16.6. The van der Waals surface area contributed by atoms with Gasteiger partial charge in [0.05, 0.1) is 18.0 Å². The SMILES string of the molecule is CCN(c1ccc(C(=O)NC2CC(C)(C)Oc3ccccc32)cc1)S(C)(=O)=O. The number of hydrogen-bond acceptors (Lipinski definition) is 4. The molecule has 1 atom stereocenters. The first-order chi connectivity index (χ1) is 13.1. The molecule has 1 aliphatic rings. The Hall–Kier alpha value is -2.54. The van der Waals surface area contributed by atoms with Crippen molar-refractivity contribution in [2.45, 2.75) is 38.8 Å². The third-order valence-electron chi connectivity index (χ3n) is 4.79. The largest absolute Gasteiger partial charge is 0.487 e. The maximum Gasteiger partial charge on any atom is 0.251 e. The summed E-state index contributed by atoms with van der Waals surface area (Å²) in [7, 11) is -3.35. The molecule has 2 aromatic rings. The second-order valence-corrected chi connectivity index (χ2v) is 9.51. The van der Waals surface area contributed by atoms with Crippen LogP contribution in [-0.4, -0.2) is 32.7 Å². The van der Waals surface area contributed by atoms with Crippen molar-refractivity contribution in [1.29, 1.82) is 0 Å². The van der Waals surface area contributed by atoms with Crippen molar-refractivity contribution in [1.82, 2.24) is 5.32 Å². The summed E-state index contributed by atoms with van der Waals surface area (Å²) >= 11 is 0. The standard InChI is InChI=1S/C21H26N2O4S/c1-5-23(28(4,25)26)16-12-10-15(11-13-16)20(24)22-18-14-21(2,3)27-19-9-7-6-8-17(18)19/h6-13,18H,5,14H2,1-4H3,(H,22,24). The van der Waals surface area contributed by atoms with E-state index in [1.165, 1.54) is 10.6 Å². The molecule has 28 heavy (non-hydrogen) atoms. The zero-order valence-corrected chi connectivity index (χ0v) is 17.4. The van der Waals surface area contributed by atoms with Crippen LogP contribution in [0.3, 0.4) is 0 Å². The van der Waals surface area contributed by atoms with Gasteiger partial charge in [0.1, 0.15) is 11.4 Å². The van der Waals surface area contributed by atoms with Gasteiger partial charge in [0.25, 0.3) is 5.91 Å². The molecule has 3 rings (SSSR count). The molecule has 0 aliphatic carbocycles. The van der Waals surface area contributed by atoms with E-state index in [9.17, 15) is 13.2 Å². The van der Waals surface area contributed by atoms with Crippen LogP contribution in [0.4, 0.5) is 5.69 Å². The Labute approximate surface area is 166 Å². The third-order valence-corrected chi connectivity index (χ3v) is 6.06. The van der Waals surface area contributed by atoms with E-state index < -0.39 is 10.0 Å². The summed E-state index contributed by atoms with van der Waals surface area (Å²) in [6, 6.07) is 14.2. The van der Waals surface area contributed by atoms with Gasteiger partial charge < -0.3 is 10.1 Å². The van der Waals surface area contributed by atoms with Gasteiger partial charge in [0, 0.05) is 24.1 Å². The lowest BCUT2D eigenvalue weighted by atomic mass is 9.89. The Bertz CT molecular complexity index is 968. The normalized spacial score (nSPS) is 17.9. The molecule has 0 bridgehead atoms. The van der Waals surface area contributed by atoms with Crippen LogP contribution in [0.1, 0.15) is 49.2 Å². The number of amides is 1. The lowest BCUT2D eigenvalue weighted by molar-refractivity contribution is 0.0619. The molecule has 0 radical (unpaired) electrons. The molecule has 0 spiro atoms. The maximum atomic E-state index is 12.8. The quantitative estimate of drug-likeness (QED) is 0.830. The number of fused-ring (bicyclic) bond motifs is 1. The first kappa shape index (κ1) is 20.2. The molecule has 1 heterocycles. The van der Waals surface area contributed by atoms with Gasteiger partial charge in [-0.2, -0.15) is 0 Å². The summed E-state index contributed by atoms with van der Waals surface area (Å²) in [5, 5.41) is 3.09. The van der Waals surface area contributed by atoms with Crippen molar-refractivity contribution < 1.29 is 17.9 Å². The summed E-state index contributed by atoms with van der Waals surface area (Å²) in [4.78, 5) is 12.8. The monoisotopic (exact) mass is 402 g/mol. The lowest BCUT2D eigenvalue weighted by Crippen LogP contribution is -2.41. The number of anilines is 1. The summed E-state index contributed by atoms with van der Waals surface area (Å²) in [6.45, 7) is 6.10. The molecular weight excluding hydrogens is 376 g/mol. The van der Waals surface area contributed by atoms with Gasteiger partial charge in [-0.3, -0.25) is 9.10 Å². The number of rotatable bonds is 5. The molecule has 1 amide bonds. The highest BCUT2D eigenvalue weighted by Crippen LogP contribution is 2.39. The van der Waals surface area contributed by atoms with Gasteiger partial charge in [-0.1, -0.05) is 18.2 Å². The number of benzene rings is 2. The Kier molecular flexibility index (Phi) is 5.39. The van der Waals surface area contributed by atoms with Crippen molar-refractivity contribution >= 4 is 21.6 Å². The Morgan fingerprint density at radius 1 is 1.18 bits per heavy atom. The van der Waals surface area contributed by atoms with Crippen molar-refractivity contribution in [3.8, 4) is 5.75 Å². The smallest absolute Gasteiger partial charge is 0.251 e. The fraction of sp³-hybridized carbons (Fsp3) is 0.381. The van der Waals surface area contributed by atoms with Gasteiger partial charge in [-0.25, -0.2) is 8.42 Å². The third kappa shape index (κ3) is 4.30. The predicted octanol–water partition coefficient (Wildman–Crippen LogP) is 3.50. The van der Waals surface area contributed by atoms with Gasteiger partial charge in [0.2, 0.25) is 10.0 Å². The van der Waals surface area contributed by atoms with Crippen LogP contribution >= 0.6 is 0 Å². The molecule has 1 unspecified atom stereocenters. The summed E-state index contributed by atoms with van der Waals surface area (Å²) in [6.07, 6.45) is 1.83. The van der Waals surface area contributed by atoms with Crippen LogP contribution in [0.25, 0.3) is 0 Å². The summed E-state index contributed by atoms with van der Waals surface area (Å²) in [5.41, 5.74) is 1.60. The van der Waals surface area contributed by atoms with Crippen molar-refractivity contribution in [2.24, 2.45) is 0 Å². The number of carbonyl (C=O) groups excluding carboxylic acids is 1. The minimum atomic E-state index is -3.35. The van der Waals surface area contributed by atoms with E-state index >= 15 is 0 Å².